The Morgan fingerprint density at radius 1 is 1.14 bits per heavy atom. The number of aryl methyl sites for hydroxylation is 1. The van der Waals surface area contributed by atoms with Gasteiger partial charge in [-0.3, -0.25) is 10.5 Å². The average Bonchev–Trinajstić information content (AvgIpc) is 3.17. The fourth-order valence-corrected chi connectivity index (χ4v) is 3.72. The van der Waals surface area contributed by atoms with Crippen LogP contribution >= 0.6 is 0 Å². The fraction of sp³-hybridized carbons (Fsp3) is 0.217. The van der Waals surface area contributed by atoms with E-state index in [0.717, 1.165) is 39.8 Å². The Hall–Kier alpha value is -3.38. The number of carbonyl (C=O) groups is 1. The number of nitrogens with one attached hydrogen (secondary N) is 1. The summed E-state index contributed by atoms with van der Waals surface area (Å²) >= 11 is 0. The first-order chi connectivity index (χ1) is 14.0. The third-order valence-electron chi connectivity index (χ3n) is 5.27. The zero-order chi connectivity index (χ0) is 20.4. The Balaban J connectivity index is 1.64. The number of para-hydroxylation sites is 1. The standard InChI is InChI=1S/C23H24N4O2/c1-27(2)22(28)23(24)17(9-7-15-25-23)14-13-16-8-3-4-10-18(16)21-19-11-5-6-12-20(19)29-26-21/h3-12,15,25H,13-14,24H2,1-2H3. The van der Waals surface area contributed by atoms with Crippen LogP contribution in [-0.4, -0.2) is 35.7 Å². The van der Waals surface area contributed by atoms with Gasteiger partial charge in [0, 0.05) is 25.0 Å². The summed E-state index contributed by atoms with van der Waals surface area (Å²) in [7, 11) is 3.42. The molecule has 1 aliphatic rings. The number of amides is 1. The molecule has 6 heteroatoms. The third-order valence-corrected chi connectivity index (χ3v) is 5.27. The van der Waals surface area contributed by atoms with Gasteiger partial charge in [0.05, 0.1) is 0 Å². The van der Waals surface area contributed by atoms with Gasteiger partial charge in [-0.15, -0.1) is 0 Å². The number of benzene rings is 2. The van der Waals surface area contributed by atoms with Crippen molar-refractivity contribution in [2.24, 2.45) is 5.73 Å². The number of hydrogen-bond donors (Lipinski definition) is 2. The zero-order valence-corrected chi connectivity index (χ0v) is 16.6. The van der Waals surface area contributed by atoms with Gasteiger partial charge in [0.25, 0.3) is 5.91 Å². The van der Waals surface area contributed by atoms with E-state index in [2.05, 4.69) is 16.5 Å². The summed E-state index contributed by atoms with van der Waals surface area (Å²) < 4.78 is 5.49. The highest BCUT2D eigenvalue weighted by molar-refractivity contribution is 5.92. The molecule has 0 saturated carbocycles. The summed E-state index contributed by atoms with van der Waals surface area (Å²) in [5, 5.41) is 8.33. The lowest BCUT2D eigenvalue weighted by molar-refractivity contribution is -0.133. The Morgan fingerprint density at radius 3 is 2.72 bits per heavy atom. The van der Waals surface area contributed by atoms with E-state index in [0.29, 0.717) is 6.42 Å². The zero-order valence-electron chi connectivity index (χ0n) is 16.6. The number of dihydropyridines is 1. The van der Waals surface area contributed by atoms with Crippen molar-refractivity contribution < 1.29 is 9.32 Å². The maximum absolute atomic E-state index is 12.7. The molecule has 3 N–H and O–H groups in total. The van der Waals surface area contributed by atoms with Crippen LogP contribution in [0, 0.1) is 0 Å². The number of hydrogen-bond acceptors (Lipinski definition) is 5. The molecule has 0 spiro atoms. The summed E-state index contributed by atoms with van der Waals surface area (Å²) in [4.78, 5) is 14.2. The van der Waals surface area contributed by atoms with Gasteiger partial charge >= 0.3 is 0 Å². The van der Waals surface area contributed by atoms with Crippen LogP contribution in [0.3, 0.4) is 0 Å². The molecule has 3 aromatic rings. The number of aromatic nitrogens is 1. The van der Waals surface area contributed by atoms with Gasteiger partial charge < -0.3 is 14.7 Å². The normalized spacial score (nSPS) is 18.4. The molecule has 1 unspecified atom stereocenters. The molecule has 2 aromatic carbocycles. The molecule has 148 valence electrons. The minimum atomic E-state index is -1.23. The summed E-state index contributed by atoms with van der Waals surface area (Å²) in [5.74, 6) is -0.177. The summed E-state index contributed by atoms with van der Waals surface area (Å²) in [6.07, 6.45) is 6.87. The highest BCUT2D eigenvalue weighted by Gasteiger charge is 2.39. The van der Waals surface area contributed by atoms with Crippen LogP contribution in [0.15, 0.2) is 77.0 Å². The maximum Gasteiger partial charge on any atom is 0.267 e. The molecule has 0 radical (unpaired) electrons. The van der Waals surface area contributed by atoms with Crippen molar-refractivity contribution in [3.63, 3.8) is 0 Å². The first-order valence-electron chi connectivity index (χ1n) is 9.58. The van der Waals surface area contributed by atoms with E-state index in [9.17, 15) is 4.79 Å². The molecule has 1 aliphatic heterocycles. The lowest BCUT2D eigenvalue weighted by atomic mass is 9.89. The smallest absolute Gasteiger partial charge is 0.267 e. The summed E-state index contributed by atoms with van der Waals surface area (Å²) in [6, 6.07) is 16.0. The quantitative estimate of drug-likeness (QED) is 0.701. The van der Waals surface area contributed by atoms with Crippen LogP contribution in [0.1, 0.15) is 12.0 Å². The topological polar surface area (TPSA) is 84.4 Å². The van der Waals surface area contributed by atoms with Crippen molar-refractivity contribution in [1.29, 1.82) is 0 Å². The second kappa shape index (κ2) is 7.56. The van der Waals surface area contributed by atoms with E-state index >= 15 is 0 Å². The average molecular weight is 388 g/mol. The molecule has 0 bridgehead atoms. The van der Waals surface area contributed by atoms with Gasteiger partial charge in [0.1, 0.15) is 5.69 Å². The van der Waals surface area contributed by atoms with Gasteiger partial charge in [0.2, 0.25) is 0 Å². The number of fused-ring (bicyclic) bond motifs is 1. The van der Waals surface area contributed by atoms with Crippen molar-refractivity contribution in [3.8, 4) is 11.3 Å². The Morgan fingerprint density at radius 2 is 1.90 bits per heavy atom. The van der Waals surface area contributed by atoms with Gasteiger partial charge in [-0.2, -0.15) is 0 Å². The highest BCUT2D eigenvalue weighted by atomic mass is 16.5. The van der Waals surface area contributed by atoms with Gasteiger partial charge in [-0.25, -0.2) is 0 Å². The van der Waals surface area contributed by atoms with Crippen molar-refractivity contribution in [2.75, 3.05) is 14.1 Å². The highest BCUT2D eigenvalue weighted by Crippen LogP contribution is 2.32. The second-order valence-corrected chi connectivity index (χ2v) is 7.39. The van der Waals surface area contributed by atoms with Crippen LogP contribution in [0.2, 0.25) is 0 Å². The molecule has 0 aliphatic carbocycles. The van der Waals surface area contributed by atoms with Gasteiger partial charge in [-0.1, -0.05) is 47.6 Å². The molecule has 29 heavy (non-hydrogen) atoms. The van der Waals surface area contributed by atoms with Crippen LogP contribution < -0.4 is 11.1 Å². The number of nitrogens with two attached hydrogens (primary N) is 1. The first-order valence-corrected chi connectivity index (χ1v) is 9.58. The van der Waals surface area contributed by atoms with E-state index in [1.54, 1.807) is 20.3 Å². The molecule has 1 aromatic heterocycles. The van der Waals surface area contributed by atoms with Crippen molar-refractivity contribution in [2.45, 2.75) is 18.5 Å². The Labute approximate surface area is 169 Å². The minimum Gasteiger partial charge on any atom is -0.362 e. The Bertz CT molecular complexity index is 1110. The van der Waals surface area contributed by atoms with Gasteiger partial charge in [-0.05, 0) is 48.4 Å². The van der Waals surface area contributed by atoms with Crippen LogP contribution in [0.4, 0.5) is 0 Å². The molecule has 2 heterocycles. The molecule has 0 fully saturated rings. The van der Waals surface area contributed by atoms with Crippen LogP contribution in [-0.2, 0) is 11.2 Å². The summed E-state index contributed by atoms with van der Waals surface area (Å²) in [5.41, 5.74) is 9.83. The van der Waals surface area contributed by atoms with Crippen molar-refractivity contribution in [3.05, 3.63) is 78.0 Å². The van der Waals surface area contributed by atoms with E-state index in [1.165, 1.54) is 4.90 Å². The Kier molecular flexibility index (Phi) is 4.94. The molecular formula is C23H24N4O2. The summed E-state index contributed by atoms with van der Waals surface area (Å²) in [6.45, 7) is 0. The molecule has 1 amide bonds. The number of likely N-dealkylation sites (N-methyl/N-ethyl adjacent to an activating group) is 1. The van der Waals surface area contributed by atoms with E-state index in [4.69, 9.17) is 10.3 Å². The van der Waals surface area contributed by atoms with E-state index in [1.807, 2.05) is 54.6 Å². The van der Waals surface area contributed by atoms with Crippen LogP contribution in [0.25, 0.3) is 22.2 Å². The molecule has 1 atom stereocenters. The number of nitrogens with zero attached hydrogens (tertiary/aromatic N) is 2. The lowest BCUT2D eigenvalue weighted by Crippen LogP contribution is -2.63. The number of carbonyl (C=O) groups excluding carboxylic acids is 1. The van der Waals surface area contributed by atoms with E-state index in [-0.39, 0.29) is 5.91 Å². The lowest BCUT2D eigenvalue weighted by Gasteiger charge is -2.35. The SMILES string of the molecule is CN(C)C(=O)C1(N)NC=CC=C1CCc1ccccc1-c1noc2ccccc12. The van der Waals surface area contributed by atoms with E-state index < -0.39 is 5.66 Å². The molecule has 0 saturated heterocycles. The van der Waals surface area contributed by atoms with Crippen molar-refractivity contribution in [1.82, 2.24) is 15.4 Å². The predicted octanol–water partition coefficient (Wildman–Crippen LogP) is 3.21. The fourth-order valence-electron chi connectivity index (χ4n) is 3.72. The third kappa shape index (κ3) is 3.43. The first kappa shape index (κ1) is 19.0. The number of rotatable bonds is 5. The maximum atomic E-state index is 12.7. The number of allylic oxidation sites excluding steroid dienone is 2. The minimum absolute atomic E-state index is 0.177. The molecule has 6 nitrogen and oxygen atoms in total. The second-order valence-electron chi connectivity index (χ2n) is 7.39. The predicted molar refractivity (Wildman–Crippen MR) is 114 cm³/mol. The molecular weight excluding hydrogens is 364 g/mol. The van der Waals surface area contributed by atoms with Crippen molar-refractivity contribution >= 4 is 16.9 Å². The van der Waals surface area contributed by atoms with Crippen LogP contribution in [0.5, 0.6) is 0 Å². The largest absolute Gasteiger partial charge is 0.362 e. The monoisotopic (exact) mass is 388 g/mol. The van der Waals surface area contributed by atoms with Gasteiger partial charge in [0.15, 0.2) is 11.2 Å². The molecule has 4 rings (SSSR count).